The van der Waals surface area contributed by atoms with Crippen molar-refractivity contribution in [2.45, 2.75) is 0 Å². The van der Waals surface area contributed by atoms with Gasteiger partial charge in [-0.3, -0.25) is 0 Å². The first-order chi connectivity index (χ1) is 13.6. The Morgan fingerprint density at radius 1 is 1.00 bits per heavy atom. The van der Waals surface area contributed by atoms with Crippen LogP contribution in [-0.4, -0.2) is 23.8 Å². The quantitative estimate of drug-likeness (QED) is 0.479. The minimum absolute atomic E-state index is 0.202. The zero-order valence-electron chi connectivity index (χ0n) is 14.6. The fraction of sp³-hybridized carbons (Fsp3) is 0.100. The molecule has 0 saturated carbocycles. The molecule has 0 atom stereocenters. The molecule has 1 aliphatic rings. The summed E-state index contributed by atoms with van der Waals surface area (Å²) < 4.78 is 39.4. The monoisotopic (exact) mass is 397 g/mol. The molecule has 0 amide bonds. The zero-order chi connectivity index (χ0) is 19.3. The highest BCUT2D eigenvalue weighted by atomic mass is 32.1. The van der Waals surface area contributed by atoms with Crippen molar-refractivity contribution in [3.8, 4) is 21.9 Å². The van der Waals surface area contributed by atoms with Gasteiger partial charge in [-0.1, -0.05) is 0 Å². The zero-order valence-corrected chi connectivity index (χ0v) is 15.5. The van der Waals surface area contributed by atoms with Gasteiger partial charge in [0.05, 0.1) is 10.2 Å². The van der Waals surface area contributed by atoms with E-state index in [1.54, 1.807) is 6.07 Å². The Hall–Kier alpha value is -3.26. The molecule has 0 saturated heterocycles. The van der Waals surface area contributed by atoms with Gasteiger partial charge in [0.1, 0.15) is 18.0 Å². The fourth-order valence-electron chi connectivity index (χ4n) is 3.12. The number of benzene rings is 2. The second-order valence-corrected chi connectivity index (χ2v) is 7.30. The summed E-state index contributed by atoms with van der Waals surface area (Å²) in [5.74, 6) is 1.06. The Bertz CT molecular complexity index is 1210. The van der Waals surface area contributed by atoms with Crippen LogP contribution >= 0.6 is 11.3 Å². The smallest absolute Gasteiger partial charge is 0.231 e. The van der Waals surface area contributed by atoms with E-state index in [2.05, 4.69) is 9.97 Å². The normalized spacial score (nSPS) is 12.5. The first-order valence-electron chi connectivity index (χ1n) is 8.43. The standard InChI is InChI=1S/C20H13F2N3O2S/c1-25(12-3-5-16-17(7-12)27-10-26-16)20-19-15(23-9-24-20)8-18(28-19)13-6-11(21)2-4-14(13)22/h2-9H,10H2,1H3. The van der Waals surface area contributed by atoms with Crippen LogP contribution in [0.2, 0.25) is 0 Å². The maximum absolute atomic E-state index is 14.2. The molecule has 28 heavy (non-hydrogen) atoms. The first kappa shape index (κ1) is 16.9. The second kappa shape index (κ2) is 6.42. The van der Waals surface area contributed by atoms with Crippen molar-refractivity contribution in [2.24, 2.45) is 0 Å². The van der Waals surface area contributed by atoms with Gasteiger partial charge in [-0.2, -0.15) is 0 Å². The van der Waals surface area contributed by atoms with Crippen LogP contribution in [0.5, 0.6) is 11.5 Å². The molecule has 1 aliphatic heterocycles. The molecule has 3 heterocycles. The van der Waals surface area contributed by atoms with Crippen molar-refractivity contribution in [2.75, 3.05) is 18.7 Å². The van der Waals surface area contributed by atoms with E-state index >= 15 is 0 Å². The van der Waals surface area contributed by atoms with Crippen LogP contribution in [0.4, 0.5) is 20.3 Å². The Balaban J connectivity index is 1.60. The van der Waals surface area contributed by atoms with E-state index in [9.17, 15) is 8.78 Å². The van der Waals surface area contributed by atoms with E-state index in [1.807, 2.05) is 30.1 Å². The summed E-state index contributed by atoms with van der Waals surface area (Å²) in [4.78, 5) is 11.2. The number of fused-ring (bicyclic) bond motifs is 2. The average molecular weight is 397 g/mol. The van der Waals surface area contributed by atoms with Gasteiger partial charge in [-0.15, -0.1) is 11.3 Å². The van der Waals surface area contributed by atoms with E-state index in [0.29, 0.717) is 27.7 Å². The molecule has 0 bridgehead atoms. The van der Waals surface area contributed by atoms with Crippen molar-refractivity contribution in [1.82, 2.24) is 9.97 Å². The van der Waals surface area contributed by atoms with Crippen molar-refractivity contribution in [3.63, 3.8) is 0 Å². The van der Waals surface area contributed by atoms with Crippen molar-refractivity contribution in [1.29, 1.82) is 0 Å². The Morgan fingerprint density at radius 3 is 2.75 bits per heavy atom. The molecule has 0 aliphatic carbocycles. The molecule has 5 rings (SSSR count). The van der Waals surface area contributed by atoms with E-state index in [0.717, 1.165) is 22.5 Å². The third-order valence-corrected chi connectivity index (χ3v) is 5.70. The van der Waals surface area contributed by atoms with Crippen molar-refractivity contribution >= 4 is 33.1 Å². The Morgan fingerprint density at radius 2 is 1.86 bits per heavy atom. The summed E-state index contributed by atoms with van der Waals surface area (Å²) in [6.45, 7) is 0.202. The molecule has 0 fully saturated rings. The predicted molar refractivity (Wildman–Crippen MR) is 103 cm³/mol. The molecule has 5 nitrogen and oxygen atoms in total. The molecule has 140 valence electrons. The van der Waals surface area contributed by atoms with Crippen molar-refractivity contribution < 1.29 is 18.3 Å². The fourth-order valence-corrected chi connectivity index (χ4v) is 4.27. The van der Waals surface area contributed by atoms with Crippen LogP contribution in [-0.2, 0) is 0 Å². The highest BCUT2D eigenvalue weighted by molar-refractivity contribution is 7.22. The van der Waals surface area contributed by atoms with E-state index < -0.39 is 11.6 Å². The lowest BCUT2D eigenvalue weighted by Crippen LogP contribution is -2.11. The van der Waals surface area contributed by atoms with Gasteiger partial charge in [0, 0.05) is 29.2 Å². The summed E-state index contributed by atoms with van der Waals surface area (Å²) in [7, 11) is 1.88. The van der Waals surface area contributed by atoms with Gasteiger partial charge < -0.3 is 14.4 Å². The maximum atomic E-state index is 14.2. The van der Waals surface area contributed by atoms with Crippen LogP contribution in [0.25, 0.3) is 20.7 Å². The van der Waals surface area contributed by atoms with Crippen LogP contribution in [0, 0.1) is 11.6 Å². The van der Waals surface area contributed by atoms with E-state index in [-0.39, 0.29) is 12.4 Å². The first-order valence-corrected chi connectivity index (χ1v) is 9.25. The second-order valence-electron chi connectivity index (χ2n) is 6.24. The lowest BCUT2D eigenvalue weighted by molar-refractivity contribution is 0.174. The predicted octanol–water partition coefficient (Wildman–Crippen LogP) is 5.13. The minimum atomic E-state index is -0.488. The highest BCUT2D eigenvalue weighted by Gasteiger charge is 2.19. The van der Waals surface area contributed by atoms with Crippen LogP contribution in [0.1, 0.15) is 0 Å². The van der Waals surface area contributed by atoms with Gasteiger partial charge >= 0.3 is 0 Å². The number of anilines is 2. The molecule has 0 unspecified atom stereocenters. The molecular formula is C20H13F2N3O2S. The van der Waals surface area contributed by atoms with Crippen molar-refractivity contribution in [3.05, 3.63) is 60.4 Å². The Kier molecular flexibility index (Phi) is 3.87. The topological polar surface area (TPSA) is 47.5 Å². The summed E-state index contributed by atoms with van der Waals surface area (Å²) in [6.07, 6.45) is 1.46. The van der Waals surface area contributed by atoms with E-state index in [4.69, 9.17) is 9.47 Å². The number of nitrogens with zero attached hydrogens (tertiary/aromatic N) is 3. The lowest BCUT2D eigenvalue weighted by Gasteiger charge is -2.19. The maximum Gasteiger partial charge on any atom is 0.231 e. The molecule has 0 N–H and O–H groups in total. The van der Waals surface area contributed by atoms with Gasteiger partial charge in [0.15, 0.2) is 17.3 Å². The van der Waals surface area contributed by atoms with Crippen LogP contribution in [0.3, 0.4) is 0 Å². The third-order valence-electron chi connectivity index (χ3n) is 4.55. The summed E-state index contributed by atoms with van der Waals surface area (Å²) in [5.41, 5.74) is 1.73. The molecular weight excluding hydrogens is 384 g/mol. The third kappa shape index (κ3) is 2.73. The molecule has 2 aromatic heterocycles. The number of ether oxygens (including phenoxy) is 2. The van der Waals surface area contributed by atoms with E-state index in [1.165, 1.54) is 23.7 Å². The molecule has 4 aromatic rings. The lowest BCUT2D eigenvalue weighted by atomic mass is 10.1. The largest absolute Gasteiger partial charge is 0.454 e. The van der Waals surface area contributed by atoms with Gasteiger partial charge in [0.2, 0.25) is 6.79 Å². The summed E-state index contributed by atoms with van der Waals surface area (Å²) in [5, 5.41) is 0. The number of hydrogen-bond donors (Lipinski definition) is 0. The highest BCUT2D eigenvalue weighted by Crippen LogP contribution is 2.41. The molecule has 8 heteroatoms. The van der Waals surface area contributed by atoms with Crippen LogP contribution in [0.15, 0.2) is 48.8 Å². The minimum Gasteiger partial charge on any atom is -0.454 e. The number of halogens is 2. The Labute approximate surface area is 162 Å². The SMILES string of the molecule is CN(c1ccc2c(c1)OCO2)c1ncnc2cc(-c3cc(F)ccc3F)sc12. The number of aromatic nitrogens is 2. The van der Waals surface area contributed by atoms with Crippen LogP contribution < -0.4 is 14.4 Å². The van der Waals surface area contributed by atoms with Gasteiger partial charge in [0.25, 0.3) is 0 Å². The molecule has 0 radical (unpaired) electrons. The summed E-state index contributed by atoms with van der Waals surface area (Å²) >= 11 is 1.32. The summed E-state index contributed by atoms with van der Waals surface area (Å²) in [6, 6.07) is 10.8. The van der Waals surface area contributed by atoms with Gasteiger partial charge in [-0.25, -0.2) is 18.7 Å². The number of hydrogen-bond acceptors (Lipinski definition) is 6. The average Bonchev–Trinajstić information content (AvgIpc) is 3.34. The molecule has 2 aromatic carbocycles. The number of thiophene rings is 1. The molecule has 0 spiro atoms. The van der Waals surface area contributed by atoms with Gasteiger partial charge in [-0.05, 0) is 36.4 Å². The number of rotatable bonds is 3.